The molecule has 0 radical (unpaired) electrons. The first kappa shape index (κ1) is 7.88. The van der Waals surface area contributed by atoms with E-state index in [9.17, 15) is 9.59 Å². The summed E-state index contributed by atoms with van der Waals surface area (Å²) in [5, 5.41) is 0. The van der Waals surface area contributed by atoms with Crippen LogP contribution in [0.2, 0.25) is 0 Å². The SMILES string of the molecule is C/C=C(\C)C(=O)OC=O. The second kappa shape index (κ2) is 3.83. The Balaban J connectivity index is 3.88. The maximum Gasteiger partial charge on any atom is 0.340 e. The molecule has 0 aromatic rings. The molecule has 0 aliphatic carbocycles. The molecule has 0 spiro atoms. The zero-order valence-electron chi connectivity index (χ0n) is 5.38. The summed E-state index contributed by atoms with van der Waals surface area (Å²) in [6.45, 7) is 3.39. The molecule has 0 bridgehead atoms. The molecule has 0 amide bonds. The maximum absolute atomic E-state index is 10.5. The molecule has 0 fully saturated rings. The van der Waals surface area contributed by atoms with Gasteiger partial charge in [-0.2, -0.15) is 0 Å². The summed E-state index contributed by atoms with van der Waals surface area (Å²) in [5.41, 5.74) is 0.433. The minimum atomic E-state index is -0.590. The van der Waals surface area contributed by atoms with Crippen molar-refractivity contribution < 1.29 is 14.3 Å². The first-order valence-electron chi connectivity index (χ1n) is 2.50. The van der Waals surface area contributed by atoms with E-state index in [2.05, 4.69) is 4.74 Å². The third-order valence-corrected chi connectivity index (χ3v) is 0.910. The molecule has 0 aromatic heterocycles. The van der Waals surface area contributed by atoms with Gasteiger partial charge in [0.05, 0.1) is 0 Å². The highest BCUT2D eigenvalue weighted by molar-refractivity contribution is 5.91. The molecular formula is C6H8O3. The Bertz CT molecular complexity index is 146. The lowest BCUT2D eigenvalue weighted by Crippen LogP contribution is -2.02. The van der Waals surface area contributed by atoms with Crippen LogP contribution in [0.4, 0.5) is 0 Å². The van der Waals surface area contributed by atoms with Crippen LogP contribution in [-0.4, -0.2) is 12.4 Å². The zero-order chi connectivity index (χ0) is 7.28. The molecule has 0 aliphatic rings. The van der Waals surface area contributed by atoms with Gasteiger partial charge in [0, 0.05) is 5.57 Å². The van der Waals surface area contributed by atoms with Gasteiger partial charge in [-0.15, -0.1) is 0 Å². The predicted octanol–water partition coefficient (Wildman–Crippen LogP) is 0.652. The van der Waals surface area contributed by atoms with Crippen LogP contribution >= 0.6 is 0 Å². The third kappa shape index (κ3) is 2.64. The second-order valence-electron chi connectivity index (χ2n) is 1.47. The minimum absolute atomic E-state index is 0.120. The Kier molecular flexibility index (Phi) is 3.35. The smallest absolute Gasteiger partial charge is 0.340 e. The quantitative estimate of drug-likeness (QED) is 0.237. The molecule has 0 unspecified atom stereocenters. The number of carbonyl (C=O) groups excluding carboxylic acids is 2. The summed E-state index contributed by atoms with van der Waals surface area (Å²) in [7, 11) is 0. The fourth-order valence-electron chi connectivity index (χ4n) is 0.254. The van der Waals surface area contributed by atoms with Crippen molar-refractivity contribution in [3.05, 3.63) is 11.6 Å². The summed E-state index contributed by atoms with van der Waals surface area (Å²) in [6.07, 6.45) is 1.58. The van der Waals surface area contributed by atoms with Crippen molar-refractivity contribution in [2.45, 2.75) is 13.8 Å². The summed E-state index contributed by atoms with van der Waals surface area (Å²) in [5.74, 6) is -0.590. The molecule has 50 valence electrons. The second-order valence-corrected chi connectivity index (χ2v) is 1.47. The van der Waals surface area contributed by atoms with Crippen LogP contribution in [0.15, 0.2) is 11.6 Å². The lowest BCUT2D eigenvalue weighted by molar-refractivity contribution is -0.148. The van der Waals surface area contributed by atoms with E-state index in [0.29, 0.717) is 5.57 Å². The Morgan fingerprint density at radius 1 is 1.56 bits per heavy atom. The van der Waals surface area contributed by atoms with Crippen LogP contribution in [-0.2, 0) is 14.3 Å². The number of allylic oxidation sites excluding steroid dienone is 1. The van der Waals surface area contributed by atoms with E-state index in [1.54, 1.807) is 19.9 Å². The molecule has 3 heteroatoms. The average Bonchev–Trinajstić information content (AvgIpc) is 1.87. The largest absolute Gasteiger partial charge is 0.392 e. The van der Waals surface area contributed by atoms with Crippen molar-refractivity contribution in [2.24, 2.45) is 0 Å². The van der Waals surface area contributed by atoms with Crippen molar-refractivity contribution in [1.29, 1.82) is 0 Å². The first-order valence-corrected chi connectivity index (χ1v) is 2.50. The van der Waals surface area contributed by atoms with Crippen LogP contribution < -0.4 is 0 Å². The van der Waals surface area contributed by atoms with Gasteiger partial charge in [0.2, 0.25) is 0 Å². The van der Waals surface area contributed by atoms with Gasteiger partial charge in [-0.1, -0.05) is 6.08 Å². The highest BCUT2D eigenvalue weighted by Crippen LogP contribution is 1.92. The Hall–Kier alpha value is -1.12. The molecule has 0 atom stereocenters. The Morgan fingerprint density at radius 2 is 2.11 bits per heavy atom. The molecule has 0 saturated heterocycles. The lowest BCUT2D eigenvalue weighted by atomic mass is 10.3. The van der Waals surface area contributed by atoms with Crippen molar-refractivity contribution >= 4 is 12.4 Å². The van der Waals surface area contributed by atoms with E-state index in [4.69, 9.17) is 0 Å². The summed E-state index contributed by atoms with van der Waals surface area (Å²) in [6, 6.07) is 0. The summed E-state index contributed by atoms with van der Waals surface area (Å²) in [4.78, 5) is 20.0. The van der Waals surface area contributed by atoms with Gasteiger partial charge >= 0.3 is 12.4 Å². The molecule has 0 N–H and O–H groups in total. The lowest BCUT2D eigenvalue weighted by Gasteiger charge is -1.92. The standard InChI is InChI=1S/C6H8O3/c1-3-5(2)6(8)9-4-7/h3-4H,1-2H3/b5-3+. The Morgan fingerprint density at radius 3 is 2.44 bits per heavy atom. The van der Waals surface area contributed by atoms with Crippen LogP contribution in [0.5, 0.6) is 0 Å². The molecule has 0 aromatic carbocycles. The monoisotopic (exact) mass is 128 g/mol. The predicted molar refractivity (Wildman–Crippen MR) is 31.6 cm³/mol. The summed E-state index contributed by atoms with van der Waals surface area (Å²) < 4.78 is 4.01. The van der Waals surface area contributed by atoms with Crippen LogP contribution in [0, 0.1) is 0 Å². The fraction of sp³-hybridized carbons (Fsp3) is 0.333. The number of carbonyl (C=O) groups is 2. The number of hydrogen-bond donors (Lipinski definition) is 0. The van der Waals surface area contributed by atoms with Crippen LogP contribution in [0.25, 0.3) is 0 Å². The van der Waals surface area contributed by atoms with E-state index >= 15 is 0 Å². The van der Waals surface area contributed by atoms with Gasteiger partial charge in [0.1, 0.15) is 0 Å². The van der Waals surface area contributed by atoms with E-state index in [-0.39, 0.29) is 6.47 Å². The van der Waals surface area contributed by atoms with Crippen molar-refractivity contribution in [3.8, 4) is 0 Å². The topological polar surface area (TPSA) is 43.4 Å². The van der Waals surface area contributed by atoms with E-state index < -0.39 is 5.97 Å². The van der Waals surface area contributed by atoms with Gasteiger partial charge in [-0.25, -0.2) is 4.79 Å². The van der Waals surface area contributed by atoms with Gasteiger partial charge in [-0.3, -0.25) is 4.79 Å². The number of rotatable bonds is 2. The van der Waals surface area contributed by atoms with Crippen LogP contribution in [0.1, 0.15) is 13.8 Å². The maximum atomic E-state index is 10.5. The molecule has 9 heavy (non-hydrogen) atoms. The van der Waals surface area contributed by atoms with Gasteiger partial charge in [-0.05, 0) is 13.8 Å². The molecular weight excluding hydrogens is 120 g/mol. The van der Waals surface area contributed by atoms with Gasteiger partial charge in [0.25, 0.3) is 0 Å². The molecule has 3 nitrogen and oxygen atoms in total. The first-order chi connectivity index (χ1) is 4.22. The van der Waals surface area contributed by atoms with E-state index in [1.807, 2.05) is 0 Å². The average molecular weight is 128 g/mol. The molecule has 0 saturated carbocycles. The van der Waals surface area contributed by atoms with E-state index in [1.165, 1.54) is 0 Å². The van der Waals surface area contributed by atoms with E-state index in [0.717, 1.165) is 0 Å². The zero-order valence-corrected chi connectivity index (χ0v) is 5.38. The molecule has 0 heterocycles. The van der Waals surface area contributed by atoms with Crippen molar-refractivity contribution in [1.82, 2.24) is 0 Å². The minimum Gasteiger partial charge on any atom is -0.392 e. The number of esters is 1. The third-order valence-electron chi connectivity index (χ3n) is 0.910. The van der Waals surface area contributed by atoms with Crippen molar-refractivity contribution in [3.63, 3.8) is 0 Å². The molecule has 0 rings (SSSR count). The van der Waals surface area contributed by atoms with Gasteiger partial charge < -0.3 is 4.74 Å². The van der Waals surface area contributed by atoms with Gasteiger partial charge in [0.15, 0.2) is 0 Å². The number of hydrogen-bond acceptors (Lipinski definition) is 3. The fourth-order valence-corrected chi connectivity index (χ4v) is 0.254. The number of ether oxygens (including phenoxy) is 1. The highest BCUT2D eigenvalue weighted by atomic mass is 16.6. The Labute approximate surface area is 53.3 Å². The van der Waals surface area contributed by atoms with Crippen molar-refractivity contribution in [2.75, 3.05) is 0 Å². The molecule has 0 aliphatic heterocycles. The normalized spacial score (nSPS) is 10.7. The highest BCUT2D eigenvalue weighted by Gasteiger charge is 2.01. The van der Waals surface area contributed by atoms with Crippen LogP contribution in [0.3, 0.4) is 0 Å². The summed E-state index contributed by atoms with van der Waals surface area (Å²) >= 11 is 0.